The van der Waals surface area contributed by atoms with E-state index in [1.807, 2.05) is 18.2 Å². The fourth-order valence-electron chi connectivity index (χ4n) is 2.81. The number of nitrogens with two attached hydrogens (primary N) is 1. The van der Waals surface area contributed by atoms with Crippen LogP contribution in [-0.2, 0) is 6.54 Å². The number of rotatable bonds is 5. The average Bonchev–Trinajstić information content (AvgIpc) is 3.48. The molecule has 7 heteroatoms. The van der Waals surface area contributed by atoms with Crippen LogP contribution in [0.15, 0.2) is 32.7 Å². The second-order valence-electron chi connectivity index (χ2n) is 7.80. The van der Waals surface area contributed by atoms with E-state index >= 15 is 0 Å². The fraction of sp³-hybridized carbons (Fsp3) is 0.529. The van der Waals surface area contributed by atoms with Gasteiger partial charge in [0.05, 0.1) is 10.9 Å². The third-order valence-electron chi connectivity index (χ3n) is 5.20. The minimum absolute atomic E-state index is 0.143. The number of hydrogen-bond acceptors (Lipinski definition) is 5. The van der Waals surface area contributed by atoms with Gasteiger partial charge in [0.1, 0.15) is 0 Å². The molecule has 2 fully saturated rings. The number of nitrogens with zero attached hydrogens (tertiary/aromatic N) is 2. The van der Waals surface area contributed by atoms with E-state index in [0.29, 0.717) is 17.4 Å². The molecule has 6 nitrogen and oxygen atoms in total. The van der Waals surface area contributed by atoms with E-state index < -0.39 is 11.2 Å². The van der Waals surface area contributed by atoms with Gasteiger partial charge in [0.25, 0.3) is 5.56 Å². The van der Waals surface area contributed by atoms with Crippen LogP contribution >= 0.6 is 11.9 Å². The van der Waals surface area contributed by atoms with Gasteiger partial charge < -0.3 is 5.84 Å². The maximum Gasteiger partial charge on any atom is 0.350 e. The zero-order valence-electron chi connectivity index (χ0n) is 14.0. The highest BCUT2D eigenvalue weighted by Gasteiger charge is 2.38. The van der Waals surface area contributed by atoms with Crippen molar-refractivity contribution < 1.29 is 0 Å². The smallest absolute Gasteiger partial charge is 0.332 e. The summed E-state index contributed by atoms with van der Waals surface area (Å²) in [6.45, 7) is 4.94. The first-order valence-corrected chi connectivity index (χ1v) is 9.11. The summed E-state index contributed by atoms with van der Waals surface area (Å²) in [5.41, 5.74) is 0.134. The molecule has 4 rings (SSSR count). The lowest BCUT2D eigenvalue weighted by Gasteiger charge is -2.16. The average molecular weight is 346 g/mol. The van der Waals surface area contributed by atoms with Crippen molar-refractivity contribution >= 4 is 22.9 Å². The highest BCUT2D eigenvalue weighted by atomic mass is 32.2. The normalized spacial score (nSPS) is 20.2. The monoisotopic (exact) mass is 346 g/mol. The largest absolute Gasteiger partial charge is 0.350 e. The lowest BCUT2D eigenvalue weighted by atomic mass is 10.1. The number of nitrogen functional groups attached to an aromatic ring is 1. The Morgan fingerprint density at radius 2 is 1.92 bits per heavy atom. The van der Waals surface area contributed by atoms with Crippen LogP contribution in [0.1, 0.15) is 39.5 Å². The Balaban J connectivity index is 1.78. The van der Waals surface area contributed by atoms with E-state index in [2.05, 4.69) is 18.6 Å². The Morgan fingerprint density at radius 1 is 1.21 bits per heavy atom. The molecular weight excluding hydrogens is 324 g/mol. The third-order valence-corrected chi connectivity index (χ3v) is 6.29. The second-order valence-corrected chi connectivity index (χ2v) is 8.68. The zero-order chi connectivity index (χ0) is 17.1. The topological polar surface area (TPSA) is 82.1 Å². The van der Waals surface area contributed by atoms with Crippen LogP contribution < -0.4 is 21.8 Å². The van der Waals surface area contributed by atoms with E-state index in [1.165, 1.54) is 24.8 Å². The molecule has 128 valence electrons. The predicted molar refractivity (Wildman–Crippen MR) is 96.6 cm³/mol. The molecule has 0 atom stereocenters. The van der Waals surface area contributed by atoms with Crippen molar-refractivity contribution in [1.29, 1.82) is 0 Å². The maximum absolute atomic E-state index is 12.4. The highest BCUT2D eigenvalue weighted by Crippen LogP contribution is 2.46. The Labute approximate surface area is 144 Å². The van der Waals surface area contributed by atoms with Gasteiger partial charge in [-0.05, 0) is 68.2 Å². The van der Waals surface area contributed by atoms with Gasteiger partial charge in [0, 0.05) is 17.0 Å². The van der Waals surface area contributed by atoms with Crippen LogP contribution in [0, 0.1) is 5.41 Å². The number of aromatic nitrogens is 2. The summed E-state index contributed by atoms with van der Waals surface area (Å²) in [6.07, 6.45) is 4.53. The van der Waals surface area contributed by atoms with Gasteiger partial charge in [-0.25, -0.2) is 4.79 Å². The molecule has 1 heterocycles. The zero-order valence-corrected chi connectivity index (χ0v) is 14.8. The molecule has 2 aliphatic rings. The number of hydrogen-bond donors (Lipinski definition) is 2. The summed E-state index contributed by atoms with van der Waals surface area (Å²) in [5, 5.41) is 0.495. The van der Waals surface area contributed by atoms with Gasteiger partial charge in [0.2, 0.25) is 0 Å². The lowest BCUT2D eigenvalue weighted by Crippen LogP contribution is -2.45. The summed E-state index contributed by atoms with van der Waals surface area (Å²) in [7, 11) is 0. The van der Waals surface area contributed by atoms with Crippen molar-refractivity contribution in [3.63, 3.8) is 0 Å². The molecule has 2 aliphatic carbocycles. The minimum atomic E-state index is -0.440. The van der Waals surface area contributed by atoms with Crippen molar-refractivity contribution in [2.24, 2.45) is 5.41 Å². The molecule has 0 saturated heterocycles. The van der Waals surface area contributed by atoms with Crippen LogP contribution in [0.25, 0.3) is 10.9 Å². The molecule has 1 aromatic carbocycles. The molecule has 0 amide bonds. The lowest BCUT2D eigenvalue weighted by molar-refractivity contribution is 0.453. The molecule has 2 aromatic rings. The van der Waals surface area contributed by atoms with Crippen molar-refractivity contribution in [2.75, 3.05) is 5.84 Å². The first-order chi connectivity index (χ1) is 11.3. The number of benzene rings is 1. The summed E-state index contributed by atoms with van der Waals surface area (Å²) in [6, 6.07) is 5.65. The Hall–Kier alpha value is -1.73. The van der Waals surface area contributed by atoms with Crippen molar-refractivity contribution in [2.45, 2.75) is 56.5 Å². The van der Waals surface area contributed by atoms with Crippen LogP contribution in [-0.4, -0.2) is 14.8 Å². The fourth-order valence-corrected chi connectivity index (χ4v) is 3.69. The molecule has 0 spiro atoms. The van der Waals surface area contributed by atoms with E-state index in [1.54, 1.807) is 4.57 Å². The first kappa shape index (κ1) is 15.8. The Bertz CT molecular complexity index is 938. The van der Waals surface area contributed by atoms with Crippen LogP contribution in [0.4, 0.5) is 0 Å². The molecule has 0 bridgehead atoms. The van der Waals surface area contributed by atoms with Gasteiger partial charge in [-0.15, -0.1) is 0 Å². The van der Waals surface area contributed by atoms with Crippen LogP contribution in [0.2, 0.25) is 0 Å². The van der Waals surface area contributed by atoms with Crippen molar-refractivity contribution in [3.05, 3.63) is 39.0 Å². The Morgan fingerprint density at radius 3 is 2.54 bits per heavy atom. The third kappa shape index (κ3) is 2.75. The van der Waals surface area contributed by atoms with E-state index in [4.69, 9.17) is 5.84 Å². The van der Waals surface area contributed by atoms with Crippen LogP contribution in [0.3, 0.4) is 0 Å². The van der Waals surface area contributed by atoms with Gasteiger partial charge in [-0.2, -0.15) is 4.68 Å². The molecule has 0 unspecified atom stereocenters. The standard InChI is InChI=1S/C17H22N4O2S/c1-16(5-6-16)10-20-13-4-3-11(24-19-17(2)7-8-17)9-12(13)14(22)21(18)15(20)23/h3-4,9,19H,5-8,10,18H2,1-2H3. The summed E-state index contributed by atoms with van der Waals surface area (Å²) >= 11 is 1.53. The van der Waals surface area contributed by atoms with Crippen molar-refractivity contribution in [3.8, 4) is 0 Å². The van der Waals surface area contributed by atoms with Gasteiger partial charge in [-0.1, -0.05) is 6.92 Å². The number of nitrogens with one attached hydrogen (secondary N) is 1. The van der Waals surface area contributed by atoms with E-state index in [-0.39, 0.29) is 11.0 Å². The summed E-state index contributed by atoms with van der Waals surface area (Å²) in [5.74, 6) is 5.74. The maximum atomic E-state index is 12.4. The SMILES string of the molecule is CC1(Cn2c(=O)n(N)c(=O)c3cc(SNC4(C)CC4)ccc32)CC1. The van der Waals surface area contributed by atoms with E-state index in [0.717, 1.165) is 22.4 Å². The van der Waals surface area contributed by atoms with Gasteiger partial charge >= 0.3 is 5.69 Å². The van der Waals surface area contributed by atoms with Crippen LogP contribution in [0.5, 0.6) is 0 Å². The summed E-state index contributed by atoms with van der Waals surface area (Å²) < 4.78 is 5.81. The molecule has 3 N–H and O–H groups in total. The predicted octanol–water partition coefficient (Wildman–Crippen LogP) is 1.83. The van der Waals surface area contributed by atoms with Gasteiger partial charge in [0.15, 0.2) is 0 Å². The minimum Gasteiger partial charge on any atom is -0.332 e. The molecule has 0 radical (unpaired) electrons. The quantitative estimate of drug-likeness (QED) is 0.637. The molecule has 24 heavy (non-hydrogen) atoms. The second kappa shape index (κ2) is 5.13. The van der Waals surface area contributed by atoms with E-state index in [9.17, 15) is 9.59 Å². The summed E-state index contributed by atoms with van der Waals surface area (Å²) in [4.78, 5) is 25.8. The molecule has 1 aromatic heterocycles. The van der Waals surface area contributed by atoms with Gasteiger partial charge in [-0.3, -0.25) is 14.1 Å². The van der Waals surface area contributed by atoms with Crippen molar-refractivity contribution in [1.82, 2.24) is 14.0 Å². The highest BCUT2D eigenvalue weighted by molar-refractivity contribution is 7.97. The Kier molecular flexibility index (Phi) is 3.37. The number of fused-ring (bicyclic) bond motifs is 1. The molecule has 0 aliphatic heterocycles. The molecular formula is C17H22N4O2S. The first-order valence-electron chi connectivity index (χ1n) is 8.29. The molecule has 2 saturated carbocycles.